The molecule has 1 aliphatic rings. The molecule has 1 fully saturated rings. The molecular formula is C22H31N5O3. The lowest BCUT2D eigenvalue weighted by Crippen LogP contribution is -2.47. The first kappa shape index (κ1) is 21.8. The zero-order chi connectivity index (χ0) is 21.7. The number of carbonyl (C=O) groups excluding carboxylic acids is 2. The first-order valence-corrected chi connectivity index (χ1v) is 10.3. The molecule has 2 aromatic rings. The quantitative estimate of drug-likeness (QED) is 0.402. The van der Waals surface area contributed by atoms with E-state index in [2.05, 4.69) is 32.3 Å². The van der Waals surface area contributed by atoms with Gasteiger partial charge in [0.2, 0.25) is 0 Å². The van der Waals surface area contributed by atoms with Gasteiger partial charge in [-0.2, -0.15) is 5.10 Å². The average molecular weight is 414 g/mol. The minimum Gasteiger partial charge on any atom is -0.497 e. The fourth-order valence-electron chi connectivity index (χ4n) is 3.82. The summed E-state index contributed by atoms with van der Waals surface area (Å²) in [6.45, 7) is 8.83. The van der Waals surface area contributed by atoms with Gasteiger partial charge in [-0.15, -0.1) is 0 Å². The predicted octanol–water partition coefficient (Wildman–Crippen LogP) is 1.56. The third-order valence-electron chi connectivity index (χ3n) is 5.69. The van der Waals surface area contributed by atoms with Crippen molar-refractivity contribution in [1.82, 2.24) is 20.0 Å². The summed E-state index contributed by atoms with van der Waals surface area (Å²) in [5.41, 5.74) is 2.92. The Labute approximate surface area is 177 Å². The molecule has 0 aliphatic carbocycles. The van der Waals surface area contributed by atoms with E-state index in [1.165, 1.54) is 5.69 Å². The van der Waals surface area contributed by atoms with E-state index < -0.39 is 11.7 Å². The van der Waals surface area contributed by atoms with Gasteiger partial charge in [-0.3, -0.25) is 19.2 Å². The summed E-state index contributed by atoms with van der Waals surface area (Å²) in [5.74, 6) is -0.198. The Morgan fingerprint density at radius 2 is 1.77 bits per heavy atom. The normalized spacial score (nSPS) is 14.6. The maximum atomic E-state index is 12.4. The number of piperazine rings is 1. The maximum absolute atomic E-state index is 12.4. The van der Waals surface area contributed by atoms with Crippen LogP contribution in [-0.4, -0.2) is 72.7 Å². The van der Waals surface area contributed by atoms with Crippen LogP contribution in [0, 0.1) is 13.8 Å². The zero-order valence-electron chi connectivity index (χ0n) is 18.3. The number of nitrogens with zero attached hydrogens (tertiary/aromatic N) is 4. The van der Waals surface area contributed by atoms with Crippen molar-refractivity contribution in [3.63, 3.8) is 0 Å². The van der Waals surface area contributed by atoms with E-state index >= 15 is 0 Å². The third-order valence-corrected chi connectivity index (χ3v) is 5.69. The van der Waals surface area contributed by atoms with Crippen LogP contribution in [0.15, 0.2) is 24.3 Å². The number of aromatic nitrogens is 2. The number of anilines is 1. The van der Waals surface area contributed by atoms with Crippen molar-refractivity contribution in [2.24, 2.45) is 7.05 Å². The highest BCUT2D eigenvalue weighted by Crippen LogP contribution is 2.20. The SMILES string of the molecule is COc1ccc(N2CCN(CCCNC(=O)C(=O)c3c(C)nn(C)c3C)CC2)cc1. The molecule has 8 heteroatoms. The van der Waals surface area contributed by atoms with Crippen LogP contribution in [0.2, 0.25) is 0 Å². The van der Waals surface area contributed by atoms with Crippen LogP contribution in [0.5, 0.6) is 5.75 Å². The van der Waals surface area contributed by atoms with E-state index in [1.54, 1.807) is 32.7 Å². The summed E-state index contributed by atoms with van der Waals surface area (Å²) in [5, 5.41) is 6.96. The number of methoxy groups -OCH3 is 1. The number of nitrogens with one attached hydrogen (secondary N) is 1. The number of benzene rings is 1. The summed E-state index contributed by atoms with van der Waals surface area (Å²) < 4.78 is 6.84. The summed E-state index contributed by atoms with van der Waals surface area (Å²) in [6.07, 6.45) is 0.812. The van der Waals surface area contributed by atoms with E-state index in [9.17, 15) is 9.59 Å². The molecule has 8 nitrogen and oxygen atoms in total. The first-order valence-electron chi connectivity index (χ1n) is 10.3. The molecule has 1 aromatic carbocycles. The molecule has 0 unspecified atom stereocenters. The van der Waals surface area contributed by atoms with Crippen LogP contribution in [0.4, 0.5) is 5.69 Å². The molecule has 162 valence electrons. The maximum Gasteiger partial charge on any atom is 0.292 e. The Hall–Kier alpha value is -2.87. The fourth-order valence-corrected chi connectivity index (χ4v) is 3.82. The molecule has 1 aliphatic heterocycles. The number of Topliss-reactive ketones (excluding diaryl/α,β-unsaturated/α-hetero) is 1. The van der Waals surface area contributed by atoms with Gasteiger partial charge in [-0.05, 0) is 51.1 Å². The molecule has 30 heavy (non-hydrogen) atoms. The zero-order valence-corrected chi connectivity index (χ0v) is 18.3. The number of ketones is 1. The molecule has 0 spiro atoms. The molecule has 0 radical (unpaired) electrons. The largest absolute Gasteiger partial charge is 0.497 e. The van der Waals surface area contributed by atoms with Crippen LogP contribution >= 0.6 is 0 Å². The highest BCUT2D eigenvalue weighted by atomic mass is 16.5. The second-order valence-electron chi connectivity index (χ2n) is 7.63. The van der Waals surface area contributed by atoms with Crippen molar-refractivity contribution >= 4 is 17.4 Å². The van der Waals surface area contributed by atoms with E-state index in [-0.39, 0.29) is 0 Å². The lowest BCUT2D eigenvalue weighted by atomic mass is 10.1. The second-order valence-corrected chi connectivity index (χ2v) is 7.63. The average Bonchev–Trinajstić information content (AvgIpc) is 3.02. The van der Waals surface area contributed by atoms with Gasteiger partial charge in [-0.25, -0.2) is 0 Å². The van der Waals surface area contributed by atoms with E-state index in [1.807, 2.05) is 12.1 Å². The highest BCUT2D eigenvalue weighted by Gasteiger charge is 2.23. The standard InChI is InChI=1S/C22H31N5O3/c1-16-20(17(2)25(3)24-16)21(28)22(29)23-10-5-11-26-12-14-27(15-13-26)18-6-8-19(30-4)9-7-18/h6-9H,5,10-15H2,1-4H3,(H,23,29). The van der Waals surface area contributed by atoms with Gasteiger partial charge in [0.1, 0.15) is 5.75 Å². The molecule has 0 saturated carbocycles. The van der Waals surface area contributed by atoms with Crippen molar-refractivity contribution in [2.45, 2.75) is 20.3 Å². The summed E-state index contributed by atoms with van der Waals surface area (Å²) >= 11 is 0. The van der Waals surface area contributed by atoms with Crippen LogP contribution < -0.4 is 15.0 Å². The fraction of sp³-hybridized carbons (Fsp3) is 0.500. The molecule has 0 atom stereocenters. The van der Waals surface area contributed by atoms with Gasteiger partial charge in [-0.1, -0.05) is 0 Å². The Bertz CT molecular complexity index is 883. The molecular weight excluding hydrogens is 382 g/mol. The molecule has 2 heterocycles. The van der Waals surface area contributed by atoms with Gasteiger partial charge in [0.15, 0.2) is 0 Å². The van der Waals surface area contributed by atoms with Crippen LogP contribution in [-0.2, 0) is 11.8 Å². The number of rotatable bonds is 8. The van der Waals surface area contributed by atoms with Gasteiger partial charge in [0, 0.05) is 51.2 Å². The Balaban J connectivity index is 1.38. The lowest BCUT2D eigenvalue weighted by molar-refractivity contribution is -0.117. The number of carbonyl (C=O) groups is 2. The number of aryl methyl sites for hydroxylation is 2. The molecule has 1 amide bonds. The Morgan fingerprint density at radius 1 is 1.10 bits per heavy atom. The summed E-state index contributed by atoms with van der Waals surface area (Å²) in [4.78, 5) is 29.4. The topological polar surface area (TPSA) is 79.7 Å². The van der Waals surface area contributed by atoms with Crippen LogP contribution in [0.1, 0.15) is 28.2 Å². The lowest BCUT2D eigenvalue weighted by Gasteiger charge is -2.36. The van der Waals surface area contributed by atoms with E-state index in [4.69, 9.17) is 4.74 Å². The van der Waals surface area contributed by atoms with Crippen molar-refractivity contribution in [1.29, 1.82) is 0 Å². The highest BCUT2D eigenvalue weighted by molar-refractivity contribution is 6.43. The Kier molecular flexibility index (Phi) is 7.10. The molecule has 3 rings (SSSR count). The number of hydrogen-bond acceptors (Lipinski definition) is 6. The number of ether oxygens (including phenoxy) is 1. The van der Waals surface area contributed by atoms with E-state index in [0.29, 0.717) is 23.5 Å². The molecule has 1 aromatic heterocycles. The summed E-state index contributed by atoms with van der Waals surface area (Å²) in [6, 6.07) is 8.15. The second kappa shape index (κ2) is 9.75. The molecule has 0 bridgehead atoms. The minimum atomic E-state index is -0.557. The Morgan fingerprint density at radius 3 is 2.33 bits per heavy atom. The molecule has 1 N–H and O–H groups in total. The predicted molar refractivity (Wildman–Crippen MR) is 116 cm³/mol. The van der Waals surface area contributed by atoms with Gasteiger partial charge in [0.25, 0.3) is 11.7 Å². The number of amides is 1. The first-order chi connectivity index (χ1) is 14.4. The van der Waals surface area contributed by atoms with E-state index in [0.717, 1.165) is 44.9 Å². The minimum absolute atomic E-state index is 0.407. The van der Waals surface area contributed by atoms with Crippen LogP contribution in [0.25, 0.3) is 0 Å². The van der Waals surface area contributed by atoms with Crippen molar-refractivity contribution in [2.75, 3.05) is 51.3 Å². The van der Waals surface area contributed by atoms with Gasteiger partial charge < -0.3 is 15.0 Å². The van der Waals surface area contributed by atoms with Crippen molar-refractivity contribution in [3.8, 4) is 5.75 Å². The van der Waals surface area contributed by atoms with Crippen molar-refractivity contribution in [3.05, 3.63) is 41.2 Å². The van der Waals surface area contributed by atoms with Gasteiger partial charge in [0.05, 0.1) is 18.4 Å². The third kappa shape index (κ3) is 4.99. The van der Waals surface area contributed by atoms with Crippen LogP contribution in [0.3, 0.4) is 0 Å². The van der Waals surface area contributed by atoms with Gasteiger partial charge >= 0.3 is 0 Å². The monoisotopic (exact) mass is 413 g/mol. The number of hydrogen-bond donors (Lipinski definition) is 1. The molecule has 1 saturated heterocycles. The van der Waals surface area contributed by atoms with Crippen molar-refractivity contribution < 1.29 is 14.3 Å². The summed E-state index contributed by atoms with van der Waals surface area (Å²) in [7, 11) is 3.44. The smallest absolute Gasteiger partial charge is 0.292 e.